The quantitative estimate of drug-likeness (QED) is 0.341. The molecule has 0 atom stereocenters. The summed E-state index contributed by atoms with van der Waals surface area (Å²) in [5.41, 5.74) is 5.78. The Morgan fingerprint density at radius 1 is 1.31 bits per heavy atom. The highest BCUT2D eigenvalue weighted by Crippen LogP contribution is 2.29. The van der Waals surface area contributed by atoms with Crippen LogP contribution in [-0.2, 0) is 9.53 Å². The van der Waals surface area contributed by atoms with E-state index in [2.05, 4.69) is 5.32 Å². The van der Waals surface area contributed by atoms with Crippen LogP contribution in [0, 0.1) is 10.1 Å². The molecular formula is C16H14ClN3O6. The number of benzene rings is 2. The number of nitro benzene ring substituents is 1. The maximum Gasteiger partial charge on any atom is 0.340 e. The van der Waals surface area contributed by atoms with Crippen LogP contribution in [0.15, 0.2) is 36.4 Å². The van der Waals surface area contributed by atoms with Crippen LogP contribution in [-0.4, -0.2) is 30.5 Å². The molecule has 0 aliphatic rings. The van der Waals surface area contributed by atoms with Crippen molar-refractivity contribution >= 4 is 40.5 Å². The lowest BCUT2D eigenvalue weighted by atomic mass is 10.2. The molecule has 26 heavy (non-hydrogen) atoms. The van der Waals surface area contributed by atoms with Gasteiger partial charge in [-0.05, 0) is 18.2 Å². The number of amides is 1. The van der Waals surface area contributed by atoms with Gasteiger partial charge in [-0.25, -0.2) is 4.79 Å². The number of hydrogen-bond acceptors (Lipinski definition) is 7. The summed E-state index contributed by atoms with van der Waals surface area (Å²) < 4.78 is 9.90. The van der Waals surface area contributed by atoms with Gasteiger partial charge in [0.05, 0.1) is 40.1 Å². The van der Waals surface area contributed by atoms with E-state index in [1.54, 1.807) is 0 Å². The summed E-state index contributed by atoms with van der Waals surface area (Å²) >= 11 is 5.82. The number of ether oxygens (including phenoxy) is 2. The first kappa shape index (κ1) is 19.0. The van der Waals surface area contributed by atoms with Crippen LogP contribution < -0.4 is 15.8 Å². The second-order valence-corrected chi connectivity index (χ2v) is 5.37. The Kier molecular flexibility index (Phi) is 5.97. The fourth-order valence-electron chi connectivity index (χ4n) is 2.01. The van der Waals surface area contributed by atoms with Crippen molar-refractivity contribution in [1.82, 2.24) is 0 Å². The van der Waals surface area contributed by atoms with E-state index in [0.717, 1.165) is 6.07 Å². The molecule has 136 valence electrons. The molecule has 0 aliphatic heterocycles. The summed E-state index contributed by atoms with van der Waals surface area (Å²) in [6, 6.07) is 8.13. The zero-order chi connectivity index (χ0) is 19.3. The number of hydrogen-bond donors (Lipinski definition) is 2. The van der Waals surface area contributed by atoms with E-state index in [1.165, 1.54) is 37.4 Å². The van der Waals surface area contributed by atoms with Crippen molar-refractivity contribution in [3.8, 4) is 5.75 Å². The van der Waals surface area contributed by atoms with Gasteiger partial charge >= 0.3 is 5.97 Å². The van der Waals surface area contributed by atoms with Gasteiger partial charge in [0.15, 0.2) is 6.61 Å². The molecule has 2 aromatic carbocycles. The molecule has 2 aromatic rings. The molecule has 0 bridgehead atoms. The average molecular weight is 380 g/mol. The summed E-state index contributed by atoms with van der Waals surface area (Å²) in [7, 11) is 1.30. The Morgan fingerprint density at radius 2 is 2.04 bits per heavy atom. The van der Waals surface area contributed by atoms with Crippen molar-refractivity contribution in [2.45, 2.75) is 0 Å². The van der Waals surface area contributed by atoms with Crippen LogP contribution in [0.1, 0.15) is 10.4 Å². The normalized spacial score (nSPS) is 10.1. The van der Waals surface area contributed by atoms with Crippen LogP contribution in [0.5, 0.6) is 5.75 Å². The van der Waals surface area contributed by atoms with E-state index in [1.807, 2.05) is 0 Å². The van der Waals surface area contributed by atoms with Gasteiger partial charge in [0, 0.05) is 6.07 Å². The van der Waals surface area contributed by atoms with Gasteiger partial charge in [0.25, 0.3) is 11.6 Å². The van der Waals surface area contributed by atoms with Gasteiger partial charge in [0.1, 0.15) is 5.75 Å². The third-order valence-electron chi connectivity index (χ3n) is 3.28. The van der Waals surface area contributed by atoms with Gasteiger partial charge in [-0.2, -0.15) is 0 Å². The van der Waals surface area contributed by atoms with Crippen LogP contribution in [0.2, 0.25) is 5.02 Å². The van der Waals surface area contributed by atoms with E-state index in [-0.39, 0.29) is 33.4 Å². The maximum atomic E-state index is 12.0. The molecule has 0 saturated carbocycles. The number of nitrogens with zero attached hydrogens (tertiary/aromatic N) is 1. The fourth-order valence-corrected chi connectivity index (χ4v) is 2.18. The van der Waals surface area contributed by atoms with Gasteiger partial charge in [-0.3, -0.25) is 14.9 Å². The van der Waals surface area contributed by atoms with Crippen LogP contribution >= 0.6 is 11.6 Å². The van der Waals surface area contributed by atoms with Crippen LogP contribution in [0.25, 0.3) is 0 Å². The number of carbonyl (C=O) groups excluding carboxylic acids is 2. The molecule has 0 heterocycles. The van der Waals surface area contributed by atoms with E-state index < -0.39 is 23.4 Å². The third kappa shape index (κ3) is 4.39. The van der Waals surface area contributed by atoms with Crippen molar-refractivity contribution in [1.29, 1.82) is 0 Å². The highest BCUT2D eigenvalue weighted by Gasteiger charge is 2.17. The number of nitro groups is 1. The second-order valence-electron chi connectivity index (χ2n) is 4.97. The number of esters is 1. The Bertz CT molecular complexity index is 871. The minimum Gasteiger partial charge on any atom is -0.494 e. The number of non-ortho nitro benzene ring substituents is 1. The summed E-state index contributed by atoms with van der Waals surface area (Å²) in [6.07, 6.45) is 0. The lowest BCUT2D eigenvalue weighted by Crippen LogP contribution is -2.21. The maximum absolute atomic E-state index is 12.0. The standard InChI is InChI=1S/C16H14ClN3O6/c1-25-13-7-9(20(23)24)5-6-12(13)19-14(21)8-26-16(22)10-3-2-4-11(17)15(10)18/h2-7H,8,18H2,1H3,(H,19,21). The average Bonchev–Trinajstić information content (AvgIpc) is 2.62. The Labute approximate surface area is 152 Å². The van der Waals surface area contributed by atoms with Crippen molar-refractivity contribution in [2.24, 2.45) is 0 Å². The van der Waals surface area contributed by atoms with Crippen molar-refractivity contribution < 1.29 is 24.0 Å². The third-order valence-corrected chi connectivity index (χ3v) is 3.61. The second kappa shape index (κ2) is 8.17. The highest BCUT2D eigenvalue weighted by atomic mass is 35.5. The van der Waals surface area contributed by atoms with Crippen LogP contribution in [0.3, 0.4) is 0 Å². The van der Waals surface area contributed by atoms with Gasteiger partial charge < -0.3 is 20.5 Å². The molecule has 10 heteroatoms. The molecule has 0 aromatic heterocycles. The summed E-state index contributed by atoms with van der Waals surface area (Å²) in [4.78, 5) is 34.1. The minimum atomic E-state index is -0.809. The predicted octanol–water partition coefficient (Wildman–Crippen LogP) is 2.63. The molecule has 2 rings (SSSR count). The highest BCUT2D eigenvalue weighted by molar-refractivity contribution is 6.33. The first-order valence-electron chi connectivity index (χ1n) is 7.17. The molecule has 0 radical (unpaired) electrons. The SMILES string of the molecule is COc1cc([N+](=O)[O-])ccc1NC(=O)COC(=O)c1cccc(Cl)c1N. The Morgan fingerprint density at radius 3 is 2.69 bits per heavy atom. The van der Waals surface area contributed by atoms with Gasteiger partial charge in [-0.15, -0.1) is 0 Å². The molecule has 3 N–H and O–H groups in total. The molecule has 0 fully saturated rings. The monoisotopic (exact) mass is 379 g/mol. The van der Waals surface area contributed by atoms with Gasteiger partial charge in [0.2, 0.25) is 0 Å². The molecule has 0 aliphatic carbocycles. The minimum absolute atomic E-state index is 0.0400. The molecule has 1 amide bonds. The molecule has 9 nitrogen and oxygen atoms in total. The zero-order valence-electron chi connectivity index (χ0n) is 13.5. The topological polar surface area (TPSA) is 134 Å². The van der Waals surface area contributed by atoms with Gasteiger partial charge in [-0.1, -0.05) is 17.7 Å². The van der Waals surface area contributed by atoms with Crippen LogP contribution in [0.4, 0.5) is 17.1 Å². The summed E-state index contributed by atoms with van der Waals surface area (Å²) in [5.74, 6) is -1.38. The molecule has 0 unspecified atom stereocenters. The number of nitrogens with two attached hydrogens (primary N) is 1. The smallest absolute Gasteiger partial charge is 0.340 e. The van der Waals surface area contributed by atoms with Crippen molar-refractivity contribution in [2.75, 3.05) is 24.8 Å². The number of nitrogen functional groups attached to an aromatic ring is 1. The molecule has 0 saturated heterocycles. The largest absolute Gasteiger partial charge is 0.494 e. The van der Waals surface area contributed by atoms with E-state index >= 15 is 0 Å². The van der Waals surface area contributed by atoms with Crippen molar-refractivity contribution in [3.05, 3.63) is 57.1 Å². The number of rotatable bonds is 6. The fraction of sp³-hybridized carbons (Fsp3) is 0.125. The van der Waals surface area contributed by atoms with Crippen molar-refractivity contribution in [3.63, 3.8) is 0 Å². The lowest BCUT2D eigenvalue weighted by molar-refractivity contribution is -0.384. The van der Waals surface area contributed by atoms with E-state index in [4.69, 9.17) is 26.8 Å². The first-order chi connectivity index (χ1) is 12.3. The molecular weight excluding hydrogens is 366 g/mol. The Balaban J connectivity index is 2.02. The number of para-hydroxylation sites is 1. The van der Waals surface area contributed by atoms with E-state index in [9.17, 15) is 19.7 Å². The first-order valence-corrected chi connectivity index (χ1v) is 7.54. The number of halogens is 1. The summed E-state index contributed by atoms with van der Waals surface area (Å²) in [6.45, 7) is -0.592. The molecule has 0 spiro atoms. The van der Waals surface area contributed by atoms with E-state index in [0.29, 0.717) is 0 Å². The number of carbonyl (C=O) groups is 2. The lowest BCUT2D eigenvalue weighted by Gasteiger charge is -2.11. The zero-order valence-corrected chi connectivity index (χ0v) is 14.3. The predicted molar refractivity (Wildman–Crippen MR) is 94.4 cm³/mol. The number of methoxy groups -OCH3 is 1. The number of anilines is 2. The summed E-state index contributed by atoms with van der Waals surface area (Å²) in [5, 5.41) is 13.4. The Hall–Kier alpha value is -3.33. The number of nitrogens with one attached hydrogen (secondary N) is 1.